The van der Waals surface area contributed by atoms with E-state index in [4.69, 9.17) is 9.84 Å². The smallest absolute Gasteiger partial charge is 0.305 e. The topological polar surface area (TPSA) is 66.8 Å². The fraction of sp³-hybridized carbons (Fsp3) is 0.412. The highest BCUT2D eigenvalue weighted by Gasteiger charge is 2.10. The number of hydrogen-bond acceptors (Lipinski definition) is 3. The summed E-state index contributed by atoms with van der Waals surface area (Å²) in [6.07, 6.45) is 3.21. The molecule has 0 bridgehead atoms. The van der Waals surface area contributed by atoms with Gasteiger partial charge in [0, 0.05) is 19.2 Å². The highest BCUT2D eigenvalue weighted by Crippen LogP contribution is 2.16. The van der Waals surface area contributed by atoms with Crippen LogP contribution in [-0.2, 0) is 9.59 Å². The number of carbonyl (C=O) groups is 2. The number of amides is 1. The van der Waals surface area contributed by atoms with Gasteiger partial charge in [-0.05, 0) is 44.5 Å². The number of hydrogen-bond donors (Lipinski definition) is 1. The van der Waals surface area contributed by atoms with E-state index in [0.717, 1.165) is 11.3 Å². The molecule has 5 nitrogen and oxygen atoms in total. The minimum atomic E-state index is -0.909. The molecule has 0 unspecified atom stereocenters. The second-order valence-corrected chi connectivity index (χ2v) is 5.13. The van der Waals surface area contributed by atoms with Crippen LogP contribution >= 0.6 is 0 Å². The predicted octanol–water partition coefficient (Wildman–Crippen LogP) is 2.81. The molecule has 0 radical (unpaired) electrons. The lowest BCUT2D eigenvalue weighted by Crippen LogP contribution is -2.31. The number of carboxylic acids is 1. The normalized spacial score (nSPS) is 10.9. The molecule has 0 aliphatic heterocycles. The van der Waals surface area contributed by atoms with Gasteiger partial charge in [0.05, 0.1) is 12.5 Å². The summed E-state index contributed by atoms with van der Waals surface area (Å²) in [6.45, 7) is 6.42. The summed E-state index contributed by atoms with van der Waals surface area (Å²) in [5, 5.41) is 8.68. The van der Waals surface area contributed by atoms with E-state index in [1.165, 1.54) is 11.0 Å². The van der Waals surface area contributed by atoms with Crippen LogP contribution < -0.4 is 4.74 Å². The molecule has 0 atom stereocenters. The van der Waals surface area contributed by atoms with Crippen LogP contribution in [0.4, 0.5) is 0 Å². The zero-order chi connectivity index (χ0) is 16.5. The van der Waals surface area contributed by atoms with E-state index in [1.54, 1.807) is 6.08 Å². The van der Waals surface area contributed by atoms with Crippen LogP contribution in [0, 0.1) is 0 Å². The Balaban J connectivity index is 2.69. The molecule has 1 aromatic rings. The zero-order valence-electron chi connectivity index (χ0n) is 13.3. The van der Waals surface area contributed by atoms with Crippen molar-refractivity contribution in [1.29, 1.82) is 0 Å². The molecular formula is C17H23NO4. The fourth-order valence-corrected chi connectivity index (χ4v) is 1.89. The highest BCUT2D eigenvalue weighted by molar-refractivity contribution is 5.92. The molecule has 0 aliphatic carbocycles. The first-order chi connectivity index (χ1) is 10.4. The van der Waals surface area contributed by atoms with Crippen LogP contribution in [0.15, 0.2) is 30.3 Å². The van der Waals surface area contributed by atoms with Gasteiger partial charge in [-0.1, -0.05) is 12.1 Å². The average Bonchev–Trinajstić information content (AvgIpc) is 2.45. The van der Waals surface area contributed by atoms with Crippen molar-refractivity contribution in [2.75, 3.05) is 13.1 Å². The molecule has 0 saturated heterocycles. The third-order valence-corrected chi connectivity index (χ3v) is 2.94. The second kappa shape index (κ2) is 8.87. The van der Waals surface area contributed by atoms with Crippen molar-refractivity contribution in [3.05, 3.63) is 35.9 Å². The lowest BCUT2D eigenvalue weighted by Gasteiger charge is -2.17. The molecule has 0 fully saturated rings. The van der Waals surface area contributed by atoms with E-state index in [2.05, 4.69) is 0 Å². The standard InChI is InChI=1S/C17H23NO4/c1-4-18(11-10-17(20)21)16(19)9-8-14-6-5-7-15(12-14)22-13(2)3/h5-9,12-13H,4,10-11H2,1-3H3,(H,20,21)/b9-8+. The Hall–Kier alpha value is -2.30. The molecule has 1 aromatic carbocycles. The maximum atomic E-state index is 12.0. The van der Waals surface area contributed by atoms with E-state index in [1.807, 2.05) is 45.0 Å². The minimum absolute atomic E-state index is 0.0505. The Kier molecular flexibility index (Phi) is 7.16. The van der Waals surface area contributed by atoms with Gasteiger partial charge in [-0.15, -0.1) is 0 Å². The van der Waals surface area contributed by atoms with Crippen molar-refractivity contribution in [1.82, 2.24) is 4.90 Å². The Morgan fingerprint density at radius 1 is 1.36 bits per heavy atom. The summed E-state index contributed by atoms with van der Waals surface area (Å²) < 4.78 is 5.60. The van der Waals surface area contributed by atoms with E-state index in [-0.39, 0.29) is 25.0 Å². The third kappa shape index (κ3) is 6.43. The van der Waals surface area contributed by atoms with Gasteiger partial charge in [0.1, 0.15) is 5.75 Å². The maximum Gasteiger partial charge on any atom is 0.305 e. The van der Waals surface area contributed by atoms with Crippen molar-refractivity contribution < 1.29 is 19.4 Å². The summed E-state index contributed by atoms with van der Waals surface area (Å²) in [7, 11) is 0. The van der Waals surface area contributed by atoms with E-state index in [9.17, 15) is 9.59 Å². The van der Waals surface area contributed by atoms with Crippen molar-refractivity contribution in [2.45, 2.75) is 33.3 Å². The van der Waals surface area contributed by atoms with Crippen LogP contribution in [0.3, 0.4) is 0 Å². The number of rotatable bonds is 8. The molecular weight excluding hydrogens is 282 g/mol. The van der Waals surface area contributed by atoms with Crippen LogP contribution in [-0.4, -0.2) is 41.1 Å². The summed E-state index contributed by atoms with van der Waals surface area (Å²) in [5.41, 5.74) is 0.862. The van der Waals surface area contributed by atoms with Crippen molar-refractivity contribution in [3.63, 3.8) is 0 Å². The number of aliphatic carboxylic acids is 1. The van der Waals surface area contributed by atoms with Gasteiger partial charge in [0.25, 0.3) is 0 Å². The van der Waals surface area contributed by atoms with Crippen molar-refractivity contribution >= 4 is 18.0 Å². The van der Waals surface area contributed by atoms with Gasteiger partial charge in [-0.3, -0.25) is 9.59 Å². The predicted molar refractivity (Wildman–Crippen MR) is 85.7 cm³/mol. The lowest BCUT2D eigenvalue weighted by atomic mass is 10.2. The third-order valence-electron chi connectivity index (χ3n) is 2.94. The Morgan fingerprint density at radius 2 is 2.09 bits per heavy atom. The number of carbonyl (C=O) groups excluding carboxylic acids is 1. The Bertz CT molecular complexity index is 537. The van der Waals surface area contributed by atoms with E-state index >= 15 is 0 Å². The first-order valence-corrected chi connectivity index (χ1v) is 7.38. The molecule has 0 spiro atoms. The minimum Gasteiger partial charge on any atom is -0.491 e. The van der Waals surface area contributed by atoms with Crippen LogP contribution in [0.2, 0.25) is 0 Å². The molecule has 0 saturated carbocycles. The van der Waals surface area contributed by atoms with Crippen LogP contribution in [0.1, 0.15) is 32.8 Å². The van der Waals surface area contributed by atoms with Gasteiger partial charge >= 0.3 is 5.97 Å². The molecule has 0 heterocycles. The summed E-state index contributed by atoms with van der Waals surface area (Å²) in [4.78, 5) is 24.1. The number of carboxylic acid groups (broad SMARTS) is 1. The van der Waals surface area contributed by atoms with Gasteiger partial charge in [-0.25, -0.2) is 0 Å². The summed E-state index contributed by atoms with van der Waals surface area (Å²) in [6, 6.07) is 7.47. The molecule has 120 valence electrons. The van der Waals surface area contributed by atoms with Crippen molar-refractivity contribution in [3.8, 4) is 5.75 Å². The lowest BCUT2D eigenvalue weighted by molar-refractivity contribution is -0.137. The highest BCUT2D eigenvalue weighted by atomic mass is 16.5. The number of likely N-dealkylation sites (N-methyl/N-ethyl adjacent to an activating group) is 1. The molecule has 0 aromatic heterocycles. The number of benzene rings is 1. The molecule has 0 aliphatic rings. The molecule has 5 heteroatoms. The number of ether oxygens (including phenoxy) is 1. The first-order valence-electron chi connectivity index (χ1n) is 7.38. The molecule has 1 rings (SSSR count). The largest absolute Gasteiger partial charge is 0.491 e. The average molecular weight is 305 g/mol. The first kappa shape index (κ1) is 17.8. The van der Waals surface area contributed by atoms with Crippen molar-refractivity contribution in [2.24, 2.45) is 0 Å². The quantitative estimate of drug-likeness (QED) is 0.750. The molecule has 1 amide bonds. The van der Waals surface area contributed by atoms with Gasteiger partial charge in [0.15, 0.2) is 0 Å². The van der Waals surface area contributed by atoms with Gasteiger partial charge in [0.2, 0.25) is 5.91 Å². The van der Waals surface area contributed by atoms with Crippen LogP contribution in [0.5, 0.6) is 5.75 Å². The second-order valence-electron chi connectivity index (χ2n) is 5.13. The van der Waals surface area contributed by atoms with Gasteiger partial charge in [-0.2, -0.15) is 0 Å². The number of nitrogens with zero attached hydrogens (tertiary/aromatic N) is 1. The van der Waals surface area contributed by atoms with E-state index in [0.29, 0.717) is 6.54 Å². The van der Waals surface area contributed by atoms with Gasteiger partial charge < -0.3 is 14.7 Å². The zero-order valence-corrected chi connectivity index (χ0v) is 13.3. The monoisotopic (exact) mass is 305 g/mol. The molecule has 22 heavy (non-hydrogen) atoms. The fourth-order valence-electron chi connectivity index (χ4n) is 1.89. The molecule has 1 N–H and O–H groups in total. The Labute approximate surface area is 131 Å². The van der Waals surface area contributed by atoms with E-state index < -0.39 is 5.97 Å². The summed E-state index contributed by atoms with van der Waals surface area (Å²) >= 11 is 0. The summed E-state index contributed by atoms with van der Waals surface area (Å²) in [5.74, 6) is -0.351. The SMILES string of the molecule is CCN(CCC(=O)O)C(=O)/C=C/c1cccc(OC(C)C)c1. The maximum absolute atomic E-state index is 12.0. The van der Waals surface area contributed by atoms with Crippen LogP contribution in [0.25, 0.3) is 6.08 Å². The Morgan fingerprint density at radius 3 is 2.68 bits per heavy atom.